The lowest BCUT2D eigenvalue weighted by Crippen LogP contribution is -2.27. The molecule has 6 heteroatoms. The average Bonchev–Trinajstić information content (AvgIpc) is 2.55. The molecule has 0 heterocycles. The number of thiocarbonyl (C=S) groups is 1. The summed E-state index contributed by atoms with van der Waals surface area (Å²) in [5, 5.41) is 15.5. The summed E-state index contributed by atoms with van der Waals surface area (Å²) in [7, 11) is 0. The Balaban J connectivity index is 1.85. The van der Waals surface area contributed by atoms with Gasteiger partial charge in [0.05, 0.1) is 11.6 Å². The molecular weight excluding hydrogens is 317 g/mol. The Bertz CT molecular complexity index is 681. The van der Waals surface area contributed by atoms with Gasteiger partial charge in [-0.05, 0) is 48.1 Å². The Morgan fingerprint density at radius 2 is 2.00 bits per heavy atom. The summed E-state index contributed by atoms with van der Waals surface area (Å²) >= 11 is 6.39. The highest BCUT2D eigenvalue weighted by molar-refractivity contribution is 7.99. The monoisotopic (exact) mass is 331 g/mol. The molecule has 2 rings (SSSR count). The van der Waals surface area contributed by atoms with Crippen LogP contribution in [0.15, 0.2) is 53.4 Å². The summed E-state index contributed by atoms with van der Waals surface area (Å²) < 4.78 is 12.2. The number of alkyl halides is 1. The van der Waals surface area contributed by atoms with Crippen molar-refractivity contribution in [3.63, 3.8) is 0 Å². The van der Waals surface area contributed by atoms with Gasteiger partial charge in [0.2, 0.25) is 0 Å². The Labute approximate surface area is 138 Å². The van der Waals surface area contributed by atoms with Crippen LogP contribution in [0, 0.1) is 11.3 Å². The van der Waals surface area contributed by atoms with Gasteiger partial charge in [0.25, 0.3) is 0 Å². The van der Waals surface area contributed by atoms with E-state index in [0.29, 0.717) is 17.2 Å². The number of hydrogen-bond acceptors (Lipinski definition) is 3. The van der Waals surface area contributed by atoms with Crippen molar-refractivity contribution < 1.29 is 4.39 Å². The minimum absolute atomic E-state index is 0.423. The Hall–Kier alpha value is -2.10. The van der Waals surface area contributed by atoms with E-state index in [9.17, 15) is 4.39 Å². The Morgan fingerprint density at radius 3 is 2.68 bits per heavy atom. The zero-order valence-corrected chi connectivity index (χ0v) is 13.3. The van der Waals surface area contributed by atoms with E-state index in [1.165, 1.54) is 0 Å². The fourth-order valence-electron chi connectivity index (χ4n) is 1.79. The highest BCUT2D eigenvalue weighted by Gasteiger charge is 2.00. The van der Waals surface area contributed by atoms with E-state index in [-0.39, 0.29) is 0 Å². The largest absolute Gasteiger partial charge is 0.358 e. The van der Waals surface area contributed by atoms with Crippen LogP contribution in [0.2, 0.25) is 0 Å². The molecule has 0 spiro atoms. The zero-order valence-electron chi connectivity index (χ0n) is 11.7. The third kappa shape index (κ3) is 5.02. The van der Waals surface area contributed by atoms with Crippen molar-refractivity contribution in [2.24, 2.45) is 0 Å². The molecular formula is C16H14FN3S2. The van der Waals surface area contributed by atoms with Crippen molar-refractivity contribution in [1.82, 2.24) is 5.32 Å². The summed E-state index contributed by atoms with van der Waals surface area (Å²) in [6.45, 7) is 0.574. The summed E-state index contributed by atoms with van der Waals surface area (Å²) in [6.07, 6.45) is 0. The smallest absolute Gasteiger partial charge is 0.171 e. The van der Waals surface area contributed by atoms with Gasteiger partial charge in [-0.3, -0.25) is 0 Å². The van der Waals surface area contributed by atoms with Crippen molar-refractivity contribution in [3.8, 4) is 6.07 Å². The second-order valence-corrected chi connectivity index (χ2v) is 5.78. The first-order valence-electron chi connectivity index (χ1n) is 6.54. The van der Waals surface area contributed by atoms with Crippen LogP contribution < -0.4 is 10.6 Å². The standard InChI is InChI=1S/C16H14FN3S2/c17-11-22-15-6-4-12(5-7-15)10-19-16(21)20-14-3-1-2-13(8-14)9-18/h1-8H,10-11H2,(H2,19,20,21). The molecule has 0 saturated heterocycles. The summed E-state index contributed by atoms with van der Waals surface area (Å²) in [5.74, 6) is 0. The van der Waals surface area contributed by atoms with E-state index in [1.807, 2.05) is 30.3 Å². The number of halogens is 1. The zero-order chi connectivity index (χ0) is 15.8. The van der Waals surface area contributed by atoms with E-state index < -0.39 is 6.01 Å². The number of benzene rings is 2. The van der Waals surface area contributed by atoms with Crippen LogP contribution in [0.3, 0.4) is 0 Å². The molecule has 0 bridgehead atoms. The normalized spacial score (nSPS) is 9.82. The number of anilines is 1. The van der Waals surface area contributed by atoms with Crippen molar-refractivity contribution in [2.75, 3.05) is 11.3 Å². The number of rotatable bonds is 5. The molecule has 0 unspecified atom stereocenters. The van der Waals surface area contributed by atoms with Crippen LogP contribution >= 0.6 is 24.0 Å². The van der Waals surface area contributed by atoms with Crippen molar-refractivity contribution in [2.45, 2.75) is 11.4 Å². The molecule has 0 atom stereocenters. The number of nitriles is 1. The van der Waals surface area contributed by atoms with Crippen LogP contribution in [-0.4, -0.2) is 11.1 Å². The SMILES string of the molecule is N#Cc1cccc(NC(=S)NCc2ccc(SCF)cc2)c1. The molecule has 0 aliphatic rings. The molecule has 2 aromatic rings. The Morgan fingerprint density at radius 1 is 1.23 bits per heavy atom. The van der Waals surface area contributed by atoms with Crippen molar-refractivity contribution in [1.29, 1.82) is 5.26 Å². The third-order valence-corrected chi connectivity index (χ3v) is 3.81. The van der Waals surface area contributed by atoms with E-state index in [0.717, 1.165) is 27.9 Å². The minimum Gasteiger partial charge on any atom is -0.358 e. The second-order valence-electron chi connectivity index (χ2n) is 4.40. The highest BCUT2D eigenvalue weighted by atomic mass is 32.2. The van der Waals surface area contributed by atoms with E-state index in [2.05, 4.69) is 16.7 Å². The average molecular weight is 331 g/mol. The fraction of sp³-hybridized carbons (Fsp3) is 0.125. The molecule has 0 radical (unpaired) electrons. The number of nitrogens with zero attached hydrogens (tertiary/aromatic N) is 1. The van der Waals surface area contributed by atoms with Gasteiger partial charge in [-0.1, -0.05) is 30.0 Å². The molecule has 2 N–H and O–H groups in total. The molecule has 2 aromatic carbocycles. The van der Waals surface area contributed by atoms with Gasteiger partial charge >= 0.3 is 0 Å². The molecule has 0 aromatic heterocycles. The topological polar surface area (TPSA) is 47.9 Å². The van der Waals surface area contributed by atoms with E-state index in [4.69, 9.17) is 17.5 Å². The Kier molecular flexibility index (Phi) is 6.19. The predicted molar refractivity (Wildman–Crippen MR) is 92.5 cm³/mol. The molecule has 0 amide bonds. The van der Waals surface area contributed by atoms with Crippen LogP contribution in [0.4, 0.5) is 10.1 Å². The number of nitrogens with one attached hydrogen (secondary N) is 2. The summed E-state index contributed by atoms with van der Waals surface area (Å²) in [4.78, 5) is 0.903. The maximum Gasteiger partial charge on any atom is 0.171 e. The lowest BCUT2D eigenvalue weighted by molar-refractivity contribution is 0.605. The molecule has 0 aliphatic heterocycles. The first kappa shape index (κ1) is 16.3. The van der Waals surface area contributed by atoms with Crippen LogP contribution in [-0.2, 0) is 6.54 Å². The maximum absolute atomic E-state index is 12.2. The van der Waals surface area contributed by atoms with Gasteiger partial charge in [-0.2, -0.15) is 5.26 Å². The number of thioether (sulfide) groups is 1. The second kappa shape index (κ2) is 8.37. The van der Waals surface area contributed by atoms with Gasteiger partial charge in [0.15, 0.2) is 5.11 Å². The van der Waals surface area contributed by atoms with Crippen LogP contribution in [0.5, 0.6) is 0 Å². The summed E-state index contributed by atoms with van der Waals surface area (Å²) in [6, 6.07) is 16.4. The quantitative estimate of drug-likeness (QED) is 0.639. The van der Waals surface area contributed by atoms with Gasteiger partial charge in [0, 0.05) is 17.1 Å². The van der Waals surface area contributed by atoms with Gasteiger partial charge < -0.3 is 10.6 Å². The van der Waals surface area contributed by atoms with Crippen molar-refractivity contribution in [3.05, 3.63) is 59.7 Å². The lowest BCUT2D eigenvalue weighted by Gasteiger charge is -2.11. The van der Waals surface area contributed by atoms with Crippen molar-refractivity contribution >= 4 is 34.8 Å². The number of hydrogen-bond donors (Lipinski definition) is 2. The fourth-order valence-corrected chi connectivity index (χ4v) is 2.44. The van der Waals surface area contributed by atoms with Crippen LogP contribution in [0.25, 0.3) is 0 Å². The predicted octanol–water partition coefficient (Wildman–Crippen LogP) is 4.06. The molecule has 0 saturated carbocycles. The van der Waals surface area contributed by atoms with E-state index >= 15 is 0 Å². The molecule has 0 aliphatic carbocycles. The first-order valence-corrected chi connectivity index (χ1v) is 7.93. The molecule has 22 heavy (non-hydrogen) atoms. The maximum atomic E-state index is 12.2. The third-order valence-electron chi connectivity index (χ3n) is 2.85. The molecule has 112 valence electrons. The highest BCUT2D eigenvalue weighted by Crippen LogP contribution is 2.18. The molecule has 3 nitrogen and oxygen atoms in total. The van der Waals surface area contributed by atoms with Gasteiger partial charge in [0.1, 0.15) is 6.01 Å². The first-order chi connectivity index (χ1) is 10.7. The van der Waals surface area contributed by atoms with Gasteiger partial charge in [-0.15, -0.1) is 0 Å². The summed E-state index contributed by atoms with van der Waals surface area (Å²) in [5.41, 5.74) is 2.40. The molecule has 0 fully saturated rings. The lowest BCUT2D eigenvalue weighted by atomic mass is 10.2. The van der Waals surface area contributed by atoms with E-state index in [1.54, 1.807) is 18.2 Å². The van der Waals surface area contributed by atoms with Gasteiger partial charge in [-0.25, -0.2) is 4.39 Å². The van der Waals surface area contributed by atoms with Crippen LogP contribution in [0.1, 0.15) is 11.1 Å². The minimum atomic E-state index is -0.423.